The van der Waals surface area contributed by atoms with E-state index in [9.17, 15) is 14.7 Å². The maximum atomic E-state index is 10.4. The molecule has 0 bridgehead atoms. The quantitative estimate of drug-likeness (QED) is 0.390. The second-order valence-electron chi connectivity index (χ2n) is 2.29. The molecule has 1 aromatic carbocycles. The van der Waals surface area contributed by atoms with Crippen LogP contribution in [0, 0.1) is 10.1 Å². The zero-order valence-electron chi connectivity index (χ0n) is 6.99. The molecule has 1 unspecified atom stereocenters. The second kappa shape index (κ2) is 5.19. The highest BCUT2D eigenvalue weighted by Gasteiger charge is 2.22. The molecule has 0 aromatic heterocycles. The molecule has 15 heavy (non-hydrogen) atoms. The van der Waals surface area contributed by atoms with E-state index in [1.54, 1.807) is 0 Å². The van der Waals surface area contributed by atoms with Crippen molar-refractivity contribution in [2.24, 2.45) is 0 Å². The van der Waals surface area contributed by atoms with Crippen LogP contribution in [0.2, 0.25) is 0 Å². The maximum absolute atomic E-state index is 10.4. The van der Waals surface area contributed by atoms with Crippen LogP contribution in [0.5, 0.6) is 11.5 Å². The predicted molar refractivity (Wildman–Crippen MR) is 58.2 cm³/mol. The van der Waals surface area contributed by atoms with Gasteiger partial charge < -0.3 is 3.07 Å². The van der Waals surface area contributed by atoms with E-state index >= 15 is 0 Å². The predicted octanol–water partition coefficient (Wildman–Crippen LogP) is 2.35. The monoisotopic (exact) mass is 344 g/mol. The van der Waals surface area contributed by atoms with E-state index in [4.69, 9.17) is 7.96 Å². The lowest BCUT2D eigenvalue weighted by Crippen LogP contribution is -1.90. The number of hydrogen-bond acceptors (Lipinski definition) is 5. The van der Waals surface area contributed by atoms with Gasteiger partial charge in [-0.1, -0.05) is 0 Å². The fourth-order valence-electron chi connectivity index (χ4n) is 0.830. The summed E-state index contributed by atoms with van der Waals surface area (Å²) in [6.07, 6.45) is 0. The minimum atomic E-state index is -2.89. The Morgan fingerprint density at radius 3 is 2.60 bits per heavy atom. The first-order valence-corrected chi connectivity index (χ1v) is 5.47. The van der Waals surface area contributed by atoms with Gasteiger partial charge >= 0.3 is 8.25 Å². The van der Waals surface area contributed by atoms with Gasteiger partial charge in [0.2, 0.25) is 5.75 Å². The standard InChI is InChI=1S/C6H3INO6P/c7-13-5-2-1-4(8(9)10)3-6(5)14-15(11)12/h1-3H/p+1. The van der Waals surface area contributed by atoms with Crippen LogP contribution < -0.4 is 7.59 Å². The number of hydrogen-bond donors (Lipinski definition) is 1. The highest BCUT2D eigenvalue weighted by molar-refractivity contribution is 14.1. The number of halogens is 1. The van der Waals surface area contributed by atoms with Gasteiger partial charge in [0.1, 0.15) is 0 Å². The van der Waals surface area contributed by atoms with E-state index in [-0.39, 0.29) is 17.2 Å². The van der Waals surface area contributed by atoms with E-state index in [0.29, 0.717) is 0 Å². The molecule has 0 aliphatic heterocycles. The van der Waals surface area contributed by atoms with Crippen molar-refractivity contribution in [1.82, 2.24) is 0 Å². The zero-order valence-corrected chi connectivity index (χ0v) is 10.0. The largest absolute Gasteiger partial charge is 0.747 e. The van der Waals surface area contributed by atoms with Gasteiger partial charge in [0.05, 0.1) is 11.0 Å². The van der Waals surface area contributed by atoms with Crippen molar-refractivity contribution in [2.45, 2.75) is 0 Å². The van der Waals surface area contributed by atoms with Crippen molar-refractivity contribution < 1.29 is 22.0 Å². The maximum Gasteiger partial charge on any atom is 0.747 e. The van der Waals surface area contributed by atoms with Crippen LogP contribution in [0.3, 0.4) is 0 Å². The molecule has 0 aliphatic carbocycles. The SMILES string of the molecule is O=[N+]([O-])c1ccc(OI)c(O[P+](=O)O)c1. The number of non-ortho nitro benzene ring substituents is 1. The first-order valence-electron chi connectivity index (χ1n) is 3.45. The zero-order chi connectivity index (χ0) is 11.4. The Kier molecular flexibility index (Phi) is 4.18. The lowest BCUT2D eigenvalue weighted by Gasteiger charge is -1.99. The van der Waals surface area contributed by atoms with Gasteiger partial charge in [-0.25, -0.2) is 4.52 Å². The summed E-state index contributed by atoms with van der Waals surface area (Å²) in [7, 11) is -2.89. The average Bonchev–Trinajstić information content (AvgIpc) is 2.16. The number of rotatable bonds is 4. The van der Waals surface area contributed by atoms with Gasteiger partial charge in [0.25, 0.3) is 5.69 Å². The third-order valence-electron chi connectivity index (χ3n) is 1.40. The van der Waals surface area contributed by atoms with E-state index in [1.165, 1.54) is 35.1 Å². The molecule has 9 heteroatoms. The van der Waals surface area contributed by atoms with E-state index in [0.717, 1.165) is 6.07 Å². The van der Waals surface area contributed by atoms with Crippen molar-refractivity contribution in [1.29, 1.82) is 0 Å². The molecule has 0 amide bonds. The summed E-state index contributed by atoms with van der Waals surface area (Å²) in [5.41, 5.74) is -0.251. The molecule has 0 heterocycles. The average molecular weight is 344 g/mol. The summed E-state index contributed by atoms with van der Waals surface area (Å²) in [6, 6.07) is 3.49. The van der Waals surface area contributed by atoms with E-state index in [2.05, 4.69) is 4.52 Å². The van der Waals surface area contributed by atoms with Gasteiger partial charge in [0.15, 0.2) is 28.8 Å². The van der Waals surface area contributed by atoms with Crippen LogP contribution in [0.25, 0.3) is 0 Å². The molecule has 0 spiro atoms. The second-order valence-corrected chi connectivity index (χ2v) is 3.39. The smallest absolute Gasteiger partial charge is 0.423 e. The van der Waals surface area contributed by atoms with Crippen LogP contribution in [-0.4, -0.2) is 9.82 Å². The molecule has 0 radical (unpaired) electrons. The molecule has 0 aliphatic rings. The van der Waals surface area contributed by atoms with Crippen molar-refractivity contribution in [3.63, 3.8) is 0 Å². The summed E-state index contributed by atoms with van der Waals surface area (Å²) in [6.45, 7) is 0. The molecule has 1 rings (SSSR count). The molecular formula is C6H4INO6P+. The fraction of sp³-hybridized carbons (Fsp3) is 0. The summed E-state index contributed by atoms with van der Waals surface area (Å²) in [5.74, 6) is -0.0131. The van der Waals surface area contributed by atoms with Crippen LogP contribution in [0.1, 0.15) is 0 Å². The Morgan fingerprint density at radius 2 is 2.13 bits per heavy atom. The Bertz CT molecular complexity index is 411. The molecule has 1 aromatic rings. The van der Waals surface area contributed by atoms with Crippen molar-refractivity contribution in [2.75, 3.05) is 0 Å². The fourth-order valence-corrected chi connectivity index (χ4v) is 1.50. The van der Waals surface area contributed by atoms with Crippen LogP contribution in [-0.2, 0) is 4.57 Å². The summed E-state index contributed by atoms with van der Waals surface area (Å²) in [5, 5.41) is 10.4. The summed E-state index contributed by atoms with van der Waals surface area (Å²) >= 11 is 1.53. The van der Waals surface area contributed by atoms with Gasteiger partial charge in [-0.15, -0.1) is 4.89 Å². The first-order chi connectivity index (χ1) is 7.04. The molecule has 80 valence electrons. The molecule has 0 saturated heterocycles. The molecule has 0 fully saturated rings. The lowest BCUT2D eigenvalue weighted by atomic mass is 10.3. The van der Waals surface area contributed by atoms with Crippen LogP contribution in [0.15, 0.2) is 18.2 Å². The van der Waals surface area contributed by atoms with Gasteiger partial charge in [-0.2, -0.15) is 0 Å². The van der Waals surface area contributed by atoms with E-state index in [1.807, 2.05) is 0 Å². The van der Waals surface area contributed by atoms with Gasteiger partial charge in [-0.3, -0.25) is 10.1 Å². The highest BCUT2D eigenvalue weighted by atomic mass is 127. The minimum absolute atomic E-state index is 0.138. The van der Waals surface area contributed by atoms with Crippen molar-refractivity contribution in [3.05, 3.63) is 28.3 Å². The molecule has 0 saturated carbocycles. The third-order valence-corrected chi connectivity index (χ3v) is 2.23. The Hall–Kier alpha value is -0.990. The van der Waals surface area contributed by atoms with Gasteiger partial charge in [-0.05, 0) is 6.07 Å². The summed E-state index contributed by atoms with van der Waals surface area (Å²) < 4.78 is 19.6. The Labute approximate surface area is 98.8 Å². The van der Waals surface area contributed by atoms with Crippen molar-refractivity contribution >= 4 is 36.9 Å². The first kappa shape index (κ1) is 12.1. The number of nitrogens with zero attached hydrogens (tertiary/aromatic N) is 1. The molecule has 1 atom stereocenters. The number of nitro benzene ring substituents is 1. The Balaban J connectivity index is 3.12. The van der Waals surface area contributed by atoms with Crippen molar-refractivity contribution in [3.8, 4) is 11.5 Å². The summed E-state index contributed by atoms with van der Waals surface area (Å²) in [4.78, 5) is 18.3. The van der Waals surface area contributed by atoms with Gasteiger partial charge in [0, 0.05) is 10.6 Å². The van der Waals surface area contributed by atoms with E-state index < -0.39 is 13.2 Å². The molecule has 1 N–H and O–H groups in total. The topological polar surface area (TPSA) is 98.9 Å². The minimum Gasteiger partial charge on any atom is -0.423 e. The third kappa shape index (κ3) is 3.26. The highest BCUT2D eigenvalue weighted by Crippen LogP contribution is 2.36. The molecule has 7 nitrogen and oxygen atoms in total. The lowest BCUT2D eigenvalue weighted by molar-refractivity contribution is -0.384. The number of benzene rings is 1. The van der Waals surface area contributed by atoms with Crippen LogP contribution in [0.4, 0.5) is 5.69 Å². The number of nitro groups is 1. The normalized spacial score (nSPS) is 10.7. The van der Waals surface area contributed by atoms with Crippen LogP contribution >= 0.6 is 31.3 Å². The Morgan fingerprint density at radius 1 is 1.47 bits per heavy atom. The molecular weight excluding hydrogens is 340 g/mol.